The lowest BCUT2D eigenvalue weighted by Crippen LogP contribution is -2.90. The van der Waals surface area contributed by atoms with E-state index in [9.17, 15) is 14.4 Å². The molecule has 8 heteroatoms. The maximum Gasteiger partial charge on any atom is 0.279 e. The van der Waals surface area contributed by atoms with Crippen LogP contribution in [-0.4, -0.2) is 59.9 Å². The van der Waals surface area contributed by atoms with Crippen molar-refractivity contribution in [1.82, 2.24) is 15.5 Å². The van der Waals surface area contributed by atoms with Gasteiger partial charge in [0.05, 0.1) is 19.6 Å². The molecule has 0 radical (unpaired) electrons. The number of hydrogen-bond acceptors (Lipinski definition) is 3. The van der Waals surface area contributed by atoms with Crippen molar-refractivity contribution in [2.75, 3.05) is 13.6 Å². The molecule has 43 heavy (non-hydrogen) atoms. The molecule has 3 fully saturated rings. The number of nitrogens with zero attached hydrogens (tertiary/aromatic N) is 1. The molecule has 3 aromatic carbocycles. The Morgan fingerprint density at radius 1 is 0.977 bits per heavy atom. The van der Waals surface area contributed by atoms with Gasteiger partial charge in [0.15, 0.2) is 6.04 Å². The SMILES string of the molecule is C[NH2+]C(Cc1ccccc1)C(=O)NC1C(=O)N2C(C(=O)NC(c3ccccc3)c3ccccc3)CCC23CC3CC1C[NH3+]. The highest BCUT2D eigenvalue weighted by atomic mass is 16.2. The summed E-state index contributed by atoms with van der Waals surface area (Å²) >= 11 is 0. The van der Waals surface area contributed by atoms with Gasteiger partial charge in [-0.15, -0.1) is 0 Å². The van der Waals surface area contributed by atoms with Crippen molar-refractivity contribution in [2.24, 2.45) is 11.8 Å². The number of carbonyl (C=O) groups excluding carboxylic acids is 3. The van der Waals surface area contributed by atoms with Crippen molar-refractivity contribution in [3.05, 3.63) is 108 Å². The molecule has 2 heterocycles. The Morgan fingerprint density at radius 3 is 2.16 bits per heavy atom. The van der Waals surface area contributed by atoms with Crippen molar-refractivity contribution in [3.63, 3.8) is 0 Å². The first kappa shape index (κ1) is 29.1. The van der Waals surface area contributed by atoms with Crippen molar-refractivity contribution < 1.29 is 25.4 Å². The van der Waals surface area contributed by atoms with Crippen LogP contribution in [0.5, 0.6) is 0 Å². The van der Waals surface area contributed by atoms with Crippen LogP contribution < -0.4 is 21.7 Å². The summed E-state index contributed by atoms with van der Waals surface area (Å²) in [5.74, 6) is -0.160. The summed E-state index contributed by atoms with van der Waals surface area (Å²) in [6.45, 7) is 0.553. The van der Waals surface area contributed by atoms with Gasteiger partial charge < -0.3 is 26.6 Å². The molecule has 0 bridgehead atoms. The molecule has 3 amide bonds. The molecule has 7 N–H and O–H groups in total. The maximum atomic E-state index is 14.5. The highest BCUT2D eigenvalue weighted by molar-refractivity contribution is 5.95. The smallest absolute Gasteiger partial charge is 0.279 e. The van der Waals surface area contributed by atoms with Gasteiger partial charge in [-0.05, 0) is 48.3 Å². The second-order valence-electron chi connectivity index (χ2n) is 12.4. The van der Waals surface area contributed by atoms with E-state index in [2.05, 4.69) is 16.4 Å². The average molecular weight is 582 g/mol. The van der Waals surface area contributed by atoms with Crippen LogP contribution in [-0.2, 0) is 20.8 Å². The third kappa shape index (κ3) is 5.69. The van der Waals surface area contributed by atoms with Crippen molar-refractivity contribution >= 4 is 17.7 Å². The number of benzene rings is 3. The first-order chi connectivity index (χ1) is 20.9. The van der Waals surface area contributed by atoms with Crippen LogP contribution in [0.3, 0.4) is 0 Å². The van der Waals surface area contributed by atoms with E-state index in [0.717, 1.165) is 36.0 Å². The van der Waals surface area contributed by atoms with E-state index < -0.39 is 12.1 Å². The number of nitrogens with one attached hydrogen (secondary N) is 2. The van der Waals surface area contributed by atoms with E-state index in [-0.39, 0.29) is 41.3 Å². The van der Waals surface area contributed by atoms with Crippen LogP contribution >= 0.6 is 0 Å². The van der Waals surface area contributed by atoms with E-state index in [1.54, 1.807) is 0 Å². The number of carbonyl (C=O) groups is 3. The first-order valence-corrected chi connectivity index (χ1v) is 15.6. The summed E-state index contributed by atoms with van der Waals surface area (Å²) in [5, 5.41) is 8.35. The molecule has 2 aliphatic heterocycles. The van der Waals surface area contributed by atoms with Gasteiger partial charge >= 0.3 is 0 Å². The van der Waals surface area contributed by atoms with Gasteiger partial charge in [-0.2, -0.15) is 0 Å². The summed E-state index contributed by atoms with van der Waals surface area (Å²) in [6.07, 6.45) is 3.76. The first-order valence-electron chi connectivity index (χ1n) is 15.6. The van der Waals surface area contributed by atoms with E-state index >= 15 is 0 Å². The van der Waals surface area contributed by atoms with Gasteiger partial charge in [0, 0.05) is 17.9 Å². The Balaban J connectivity index is 1.24. The van der Waals surface area contributed by atoms with Crippen molar-refractivity contribution in [2.45, 2.75) is 61.8 Å². The zero-order valence-electron chi connectivity index (χ0n) is 24.8. The van der Waals surface area contributed by atoms with Gasteiger partial charge in [-0.1, -0.05) is 91.0 Å². The third-order valence-electron chi connectivity index (χ3n) is 9.97. The van der Waals surface area contributed by atoms with Gasteiger partial charge in [-0.25, -0.2) is 0 Å². The lowest BCUT2D eigenvalue weighted by Gasteiger charge is -2.34. The molecular weight excluding hydrogens is 538 g/mol. The molecule has 0 aromatic heterocycles. The molecular formula is C35H43N5O3+2. The van der Waals surface area contributed by atoms with E-state index in [1.807, 2.05) is 108 Å². The molecule has 1 aliphatic carbocycles. The van der Waals surface area contributed by atoms with E-state index in [1.165, 1.54) is 0 Å². The standard InChI is InChI=1S/C35H41N5O3/c1-37-28(19-23-11-5-2-6-12-23)32(41)39-31-26(22-36)20-27-21-35(27)18-17-29(40(35)34(31)43)33(42)38-30(24-13-7-3-8-14-24)25-15-9-4-10-16-25/h2-16,26-31,37H,17-22,36H2,1H3,(H,38,42)(H,39,41)/p+2. The predicted octanol–water partition coefficient (Wildman–Crippen LogP) is 1.19. The monoisotopic (exact) mass is 581 g/mol. The normalized spacial score (nSPS) is 26.7. The largest absolute Gasteiger partial charge is 0.357 e. The Bertz CT molecular complexity index is 1400. The minimum atomic E-state index is -0.694. The lowest BCUT2D eigenvalue weighted by atomic mass is 9.92. The molecule has 3 aromatic rings. The summed E-state index contributed by atoms with van der Waals surface area (Å²) in [5.41, 5.74) is 6.93. The molecule has 6 atom stereocenters. The molecule has 3 aliphatic rings. The fourth-order valence-corrected chi connectivity index (χ4v) is 7.54. The number of quaternary nitrogens is 2. The number of nitrogens with two attached hydrogens (primary N) is 1. The van der Waals surface area contributed by atoms with Crippen LogP contribution in [0.2, 0.25) is 0 Å². The second-order valence-corrected chi connectivity index (χ2v) is 12.4. The molecule has 6 unspecified atom stereocenters. The number of likely N-dealkylation sites (N-methyl/N-ethyl adjacent to an activating group) is 1. The minimum absolute atomic E-state index is 0.0641. The Labute approximate surface area is 253 Å². The van der Waals surface area contributed by atoms with E-state index in [4.69, 9.17) is 0 Å². The summed E-state index contributed by atoms with van der Waals surface area (Å²) in [4.78, 5) is 44.1. The molecule has 224 valence electrons. The molecule has 8 nitrogen and oxygen atoms in total. The highest BCUT2D eigenvalue weighted by Gasteiger charge is 2.68. The van der Waals surface area contributed by atoms with Crippen molar-refractivity contribution in [3.8, 4) is 0 Å². The Kier molecular flexibility index (Phi) is 8.32. The molecule has 6 rings (SSSR count). The van der Waals surface area contributed by atoms with Crippen LogP contribution in [0.15, 0.2) is 91.0 Å². The number of rotatable bonds is 10. The molecule has 1 spiro atoms. The van der Waals surface area contributed by atoms with Gasteiger partial charge in [-0.3, -0.25) is 14.4 Å². The van der Waals surface area contributed by atoms with Gasteiger partial charge in [0.2, 0.25) is 11.8 Å². The molecule has 2 saturated heterocycles. The minimum Gasteiger partial charge on any atom is -0.357 e. The second kappa shape index (κ2) is 12.3. The van der Waals surface area contributed by atoms with Crippen molar-refractivity contribution in [1.29, 1.82) is 0 Å². The zero-order valence-corrected chi connectivity index (χ0v) is 24.8. The topological polar surface area (TPSA) is 123 Å². The molecule has 1 saturated carbocycles. The zero-order chi connectivity index (χ0) is 30.0. The van der Waals surface area contributed by atoms with E-state index in [0.29, 0.717) is 25.3 Å². The summed E-state index contributed by atoms with van der Waals surface area (Å²) in [7, 11) is 1.89. The number of hydrogen-bond donors (Lipinski definition) is 4. The lowest BCUT2D eigenvalue weighted by molar-refractivity contribution is -0.649. The predicted molar refractivity (Wildman–Crippen MR) is 163 cm³/mol. The number of amides is 3. The van der Waals surface area contributed by atoms with Gasteiger partial charge in [0.1, 0.15) is 12.1 Å². The quantitative estimate of drug-likeness (QED) is 0.288. The average Bonchev–Trinajstić information content (AvgIpc) is 3.62. The summed E-state index contributed by atoms with van der Waals surface area (Å²) in [6, 6.07) is 27.9. The van der Waals surface area contributed by atoms with Crippen LogP contribution in [0, 0.1) is 11.8 Å². The maximum absolute atomic E-state index is 14.5. The van der Waals surface area contributed by atoms with Gasteiger partial charge in [0.25, 0.3) is 5.91 Å². The Hall–Kier alpha value is -4.01. The van der Waals surface area contributed by atoms with Crippen LogP contribution in [0.1, 0.15) is 48.4 Å². The summed E-state index contributed by atoms with van der Waals surface area (Å²) < 4.78 is 0. The highest BCUT2D eigenvalue weighted by Crippen LogP contribution is 2.61. The fourth-order valence-electron chi connectivity index (χ4n) is 7.54. The third-order valence-corrected chi connectivity index (χ3v) is 9.97. The van der Waals surface area contributed by atoms with Crippen LogP contribution in [0.25, 0.3) is 0 Å². The fraction of sp³-hybridized carbons (Fsp3) is 0.400. The van der Waals surface area contributed by atoms with Crippen LogP contribution in [0.4, 0.5) is 0 Å². The Morgan fingerprint density at radius 2 is 1.58 bits per heavy atom.